The van der Waals surface area contributed by atoms with E-state index in [1.165, 1.54) is 0 Å². The molecule has 0 aliphatic carbocycles. The summed E-state index contributed by atoms with van der Waals surface area (Å²) in [5.41, 5.74) is 1.90. The van der Waals surface area contributed by atoms with E-state index in [4.69, 9.17) is 0 Å². The maximum atomic E-state index is 12.6. The minimum Gasteiger partial charge on any atom is -0.317 e. The lowest BCUT2D eigenvalue weighted by atomic mass is 10.1. The Bertz CT molecular complexity index is 726. The minimum absolute atomic E-state index is 0.865. The van der Waals surface area contributed by atoms with Gasteiger partial charge in [0.25, 0.3) is 0 Å². The molecule has 0 bridgehead atoms. The first-order chi connectivity index (χ1) is 9.84. The molecule has 0 fully saturated rings. The Morgan fingerprint density at radius 2 is 1.50 bits per heavy atom. The van der Waals surface area contributed by atoms with Crippen molar-refractivity contribution in [1.29, 1.82) is 0 Å². The van der Waals surface area contributed by atoms with Gasteiger partial charge < -0.3 is 4.57 Å². The number of aromatic nitrogens is 1. The summed E-state index contributed by atoms with van der Waals surface area (Å²) in [4.78, 5) is 4.33. The van der Waals surface area contributed by atoms with Crippen LogP contribution in [0.2, 0.25) is 0 Å². The first-order valence-corrected chi connectivity index (χ1v) is 7.86. The van der Waals surface area contributed by atoms with E-state index in [1.54, 1.807) is 6.20 Å². The molecule has 3 rings (SSSR count). The summed E-state index contributed by atoms with van der Waals surface area (Å²) in [6, 6.07) is 23.2. The minimum atomic E-state index is -1.95. The molecule has 0 saturated heterocycles. The van der Waals surface area contributed by atoms with Gasteiger partial charge in [0.2, 0.25) is 0 Å². The second-order valence-corrected chi connectivity index (χ2v) is 6.30. The fourth-order valence-electron chi connectivity index (χ4n) is 2.11. The molecule has 3 aromatic rings. The van der Waals surface area contributed by atoms with Crippen molar-refractivity contribution in [3.63, 3.8) is 0 Å². The molecule has 20 heavy (non-hydrogen) atoms. The first-order valence-electron chi connectivity index (χ1n) is 6.46. The lowest BCUT2D eigenvalue weighted by molar-refractivity contribution is 0.598. The molecular formula is C17H14NOP. The van der Waals surface area contributed by atoms with Gasteiger partial charge in [0.15, 0.2) is 0 Å². The third-order valence-electron chi connectivity index (χ3n) is 3.12. The van der Waals surface area contributed by atoms with Gasteiger partial charge in [-0.05, 0) is 18.2 Å². The normalized spacial score (nSPS) is 12.0. The Morgan fingerprint density at radius 3 is 2.25 bits per heavy atom. The zero-order valence-corrected chi connectivity index (χ0v) is 11.9. The predicted octanol–water partition coefficient (Wildman–Crippen LogP) is 3.26. The molecule has 1 atom stereocenters. The SMILES string of the molecule is O=[PH](c1ccccc1)c1cccc(-c2ccccn2)c1. The fraction of sp³-hybridized carbons (Fsp3) is 0. The molecule has 0 N–H and O–H groups in total. The van der Waals surface area contributed by atoms with E-state index < -0.39 is 7.80 Å². The Labute approximate surface area is 118 Å². The van der Waals surface area contributed by atoms with E-state index in [0.29, 0.717) is 0 Å². The molecule has 0 aliphatic heterocycles. The average Bonchev–Trinajstić information content (AvgIpc) is 2.56. The van der Waals surface area contributed by atoms with Crippen LogP contribution in [0.1, 0.15) is 0 Å². The number of hydrogen-bond acceptors (Lipinski definition) is 2. The summed E-state index contributed by atoms with van der Waals surface area (Å²) in [6.45, 7) is 0. The van der Waals surface area contributed by atoms with E-state index in [0.717, 1.165) is 21.9 Å². The van der Waals surface area contributed by atoms with Gasteiger partial charge in [0, 0.05) is 22.4 Å². The second-order valence-electron chi connectivity index (χ2n) is 4.49. The number of pyridine rings is 1. The van der Waals surface area contributed by atoms with Gasteiger partial charge in [-0.25, -0.2) is 0 Å². The van der Waals surface area contributed by atoms with Crippen molar-refractivity contribution >= 4 is 18.4 Å². The van der Waals surface area contributed by atoms with Crippen molar-refractivity contribution < 1.29 is 4.57 Å². The highest BCUT2D eigenvalue weighted by atomic mass is 31.1. The van der Waals surface area contributed by atoms with Crippen LogP contribution in [-0.4, -0.2) is 4.98 Å². The molecule has 1 aromatic heterocycles. The second kappa shape index (κ2) is 5.85. The summed E-state index contributed by atoms with van der Waals surface area (Å²) in [5.74, 6) is 0. The van der Waals surface area contributed by atoms with Gasteiger partial charge in [-0.3, -0.25) is 4.98 Å². The van der Waals surface area contributed by atoms with Gasteiger partial charge in [-0.1, -0.05) is 54.6 Å². The van der Waals surface area contributed by atoms with Gasteiger partial charge in [0.1, 0.15) is 7.80 Å². The summed E-state index contributed by atoms with van der Waals surface area (Å²) in [5, 5.41) is 1.75. The van der Waals surface area contributed by atoms with E-state index >= 15 is 0 Å². The zero-order valence-electron chi connectivity index (χ0n) is 10.9. The fourth-order valence-corrected chi connectivity index (χ4v) is 3.47. The van der Waals surface area contributed by atoms with Crippen LogP contribution in [0, 0.1) is 0 Å². The highest BCUT2D eigenvalue weighted by molar-refractivity contribution is 7.61. The molecule has 98 valence electrons. The molecule has 1 heterocycles. The standard InChI is InChI=1S/C17H14NOP/c19-20(15-8-2-1-3-9-15)16-10-6-7-14(13-16)17-11-4-5-12-18-17/h1-13,20H. The van der Waals surface area contributed by atoms with E-state index in [2.05, 4.69) is 4.98 Å². The van der Waals surface area contributed by atoms with Crippen LogP contribution < -0.4 is 10.6 Å². The summed E-state index contributed by atoms with van der Waals surface area (Å²) in [6.07, 6.45) is 1.77. The maximum absolute atomic E-state index is 12.6. The van der Waals surface area contributed by atoms with E-state index in [1.807, 2.05) is 72.8 Å². The van der Waals surface area contributed by atoms with E-state index in [9.17, 15) is 4.57 Å². The van der Waals surface area contributed by atoms with Crippen molar-refractivity contribution in [2.24, 2.45) is 0 Å². The van der Waals surface area contributed by atoms with Crippen molar-refractivity contribution in [1.82, 2.24) is 4.98 Å². The molecule has 0 aliphatic rings. The van der Waals surface area contributed by atoms with Crippen LogP contribution in [0.4, 0.5) is 0 Å². The van der Waals surface area contributed by atoms with Crippen LogP contribution in [0.25, 0.3) is 11.3 Å². The van der Waals surface area contributed by atoms with Crippen LogP contribution >= 0.6 is 7.80 Å². The quantitative estimate of drug-likeness (QED) is 0.689. The smallest absolute Gasteiger partial charge is 0.131 e. The van der Waals surface area contributed by atoms with Gasteiger partial charge >= 0.3 is 0 Å². The van der Waals surface area contributed by atoms with Gasteiger partial charge in [-0.15, -0.1) is 0 Å². The topological polar surface area (TPSA) is 30.0 Å². The molecule has 3 heteroatoms. The highest BCUT2D eigenvalue weighted by Crippen LogP contribution is 2.23. The summed E-state index contributed by atoms with van der Waals surface area (Å²) in [7, 11) is -1.95. The largest absolute Gasteiger partial charge is 0.317 e. The van der Waals surface area contributed by atoms with Crippen LogP contribution in [0.15, 0.2) is 79.0 Å². The molecule has 0 spiro atoms. The third-order valence-corrected chi connectivity index (χ3v) is 4.81. The predicted molar refractivity (Wildman–Crippen MR) is 84.4 cm³/mol. The first kappa shape index (κ1) is 12.8. The van der Waals surface area contributed by atoms with Crippen LogP contribution in [0.5, 0.6) is 0 Å². The molecule has 2 aromatic carbocycles. The lowest BCUT2D eigenvalue weighted by Crippen LogP contribution is -2.06. The molecule has 2 nitrogen and oxygen atoms in total. The zero-order chi connectivity index (χ0) is 13.8. The van der Waals surface area contributed by atoms with Crippen LogP contribution in [-0.2, 0) is 4.57 Å². The molecule has 0 saturated carbocycles. The van der Waals surface area contributed by atoms with Gasteiger partial charge in [0.05, 0.1) is 5.69 Å². The van der Waals surface area contributed by atoms with E-state index in [-0.39, 0.29) is 0 Å². The van der Waals surface area contributed by atoms with Crippen LogP contribution in [0.3, 0.4) is 0 Å². The number of benzene rings is 2. The Kier molecular flexibility index (Phi) is 3.76. The monoisotopic (exact) mass is 279 g/mol. The van der Waals surface area contributed by atoms with Crippen molar-refractivity contribution in [3.05, 3.63) is 79.0 Å². The molecule has 0 amide bonds. The Hall–Kier alpha value is -2.18. The number of rotatable bonds is 3. The lowest BCUT2D eigenvalue weighted by Gasteiger charge is -2.05. The molecule has 1 unspecified atom stereocenters. The summed E-state index contributed by atoms with van der Waals surface area (Å²) >= 11 is 0. The average molecular weight is 279 g/mol. The Balaban J connectivity index is 1.98. The molecular weight excluding hydrogens is 265 g/mol. The Morgan fingerprint density at radius 1 is 0.750 bits per heavy atom. The maximum Gasteiger partial charge on any atom is 0.131 e. The van der Waals surface area contributed by atoms with Crippen molar-refractivity contribution in [2.75, 3.05) is 0 Å². The highest BCUT2D eigenvalue weighted by Gasteiger charge is 2.07. The van der Waals surface area contributed by atoms with Crippen molar-refractivity contribution in [3.8, 4) is 11.3 Å². The number of nitrogens with zero attached hydrogens (tertiary/aromatic N) is 1. The third kappa shape index (κ3) is 2.71. The summed E-state index contributed by atoms with van der Waals surface area (Å²) < 4.78 is 12.6. The number of hydrogen-bond donors (Lipinski definition) is 0. The van der Waals surface area contributed by atoms with Crippen molar-refractivity contribution in [2.45, 2.75) is 0 Å². The molecule has 0 radical (unpaired) electrons. The van der Waals surface area contributed by atoms with Gasteiger partial charge in [-0.2, -0.15) is 0 Å².